The quantitative estimate of drug-likeness (QED) is 0.682. The average molecular weight is 312 g/mol. The van der Waals surface area contributed by atoms with Gasteiger partial charge in [0.15, 0.2) is 0 Å². The minimum absolute atomic E-state index is 0.0888. The molecular formula is C16H16Cl2FN. The molecule has 0 heterocycles. The molecular weight excluding hydrogens is 296 g/mol. The second-order valence-corrected chi connectivity index (χ2v) is 5.39. The topological polar surface area (TPSA) is 3.24 Å². The summed E-state index contributed by atoms with van der Waals surface area (Å²) in [5.41, 5.74) is 2.48. The zero-order valence-corrected chi connectivity index (χ0v) is 12.9. The van der Waals surface area contributed by atoms with Crippen LogP contribution in [0, 0.1) is 5.82 Å². The summed E-state index contributed by atoms with van der Waals surface area (Å²) in [7, 11) is 1.92. The molecule has 4 heteroatoms. The molecule has 0 fully saturated rings. The van der Waals surface area contributed by atoms with Gasteiger partial charge in [-0.2, -0.15) is 0 Å². The number of benzene rings is 2. The van der Waals surface area contributed by atoms with E-state index in [1.165, 1.54) is 6.07 Å². The number of alkyl halides is 1. The van der Waals surface area contributed by atoms with Gasteiger partial charge in [0.2, 0.25) is 0 Å². The van der Waals surface area contributed by atoms with E-state index in [4.69, 9.17) is 23.2 Å². The summed E-state index contributed by atoms with van der Waals surface area (Å²) in [6, 6.07) is 12.4. The molecule has 0 aliphatic rings. The van der Waals surface area contributed by atoms with E-state index in [1.807, 2.05) is 43.1 Å². The van der Waals surface area contributed by atoms with Gasteiger partial charge in [-0.15, -0.1) is 11.6 Å². The lowest BCUT2D eigenvalue weighted by Crippen LogP contribution is -2.22. The minimum Gasteiger partial charge on any atom is -0.368 e. The Balaban J connectivity index is 2.29. The molecule has 0 N–H and O–H groups in total. The van der Waals surface area contributed by atoms with Crippen LogP contribution in [0.1, 0.15) is 24.1 Å². The summed E-state index contributed by atoms with van der Waals surface area (Å²) >= 11 is 12.0. The van der Waals surface area contributed by atoms with Gasteiger partial charge in [-0.05, 0) is 30.7 Å². The Labute approximate surface area is 128 Å². The molecule has 0 aliphatic heterocycles. The fourth-order valence-electron chi connectivity index (χ4n) is 2.11. The number of hydrogen-bond donors (Lipinski definition) is 0. The van der Waals surface area contributed by atoms with Crippen LogP contribution in [0.3, 0.4) is 0 Å². The van der Waals surface area contributed by atoms with E-state index in [2.05, 4.69) is 0 Å². The summed E-state index contributed by atoms with van der Waals surface area (Å²) in [5.74, 6) is 0.182. The van der Waals surface area contributed by atoms with Gasteiger partial charge in [-0.3, -0.25) is 0 Å². The largest absolute Gasteiger partial charge is 0.368 e. The molecule has 1 nitrogen and oxygen atoms in total. The molecule has 1 unspecified atom stereocenters. The van der Waals surface area contributed by atoms with E-state index < -0.39 is 0 Å². The Hall–Kier alpha value is -1.25. The molecule has 0 saturated carbocycles. The van der Waals surface area contributed by atoms with Crippen LogP contribution >= 0.6 is 23.2 Å². The molecule has 0 aromatic heterocycles. The van der Waals surface area contributed by atoms with Gasteiger partial charge in [0.1, 0.15) is 5.82 Å². The third kappa shape index (κ3) is 3.08. The normalized spacial score (nSPS) is 12.2. The van der Waals surface area contributed by atoms with Gasteiger partial charge >= 0.3 is 0 Å². The standard InChI is InChI=1S/C16H16Cl2FN/c1-11(14-5-3-4-6-16(14)19)20(2)13-8-7-12(10-17)15(18)9-13/h3-9,11H,10H2,1-2H3. The molecule has 1 atom stereocenters. The molecule has 20 heavy (non-hydrogen) atoms. The van der Waals surface area contributed by atoms with E-state index in [-0.39, 0.29) is 11.9 Å². The van der Waals surface area contributed by atoms with Crippen molar-refractivity contribution in [3.05, 3.63) is 64.4 Å². The van der Waals surface area contributed by atoms with E-state index in [0.29, 0.717) is 16.5 Å². The Morgan fingerprint density at radius 2 is 1.90 bits per heavy atom. The maximum atomic E-state index is 13.8. The molecule has 0 saturated heterocycles. The molecule has 0 aliphatic carbocycles. The van der Waals surface area contributed by atoms with E-state index in [9.17, 15) is 4.39 Å². The van der Waals surface area contributed by atoms with Crippen LogP contribution in [0.2, 0.25) is 5.02 Å². The second-order valence-electron chi connectivity index (χ2n) is 4.72. The van der Waals surface area contributed by atoms with Crippen LogP contribution in [0.4, 0.5) is 10.1 Å². The molecule has 2 rings (SSSR count). The zero-order valence-electron chi connectivity index (χ0n) is 11.4. The number of nitrogens with zero attached hydrogens (tertiary/aromatic N) is 1. The van der Waals surface area contributed by atoms with Crippen molar-refractivity contribution in [2.75, 3.05) is 11.9 Å². The summed E-state index contributed by atoms with van der Waals surface area (Å²) in [4.78, 5) is 1.99. The van der Waals surface area contributed by atoms with Crippen molar-refractivity contribution in [1.82, 2.24) is 0 Å². The molecule has 0 amide bonds. The van der Waals surface area contributed by atoms with Crippen LogP contribution < -0.4 is 4.90 Å². The molecule has 2 aromatic carbocycles. The second kappa shape index (κ2) is 6.47. The minimum atomic E-state index is -0.199. The summed E-state index contributed by atoms with van der Waals surface area (Å²) in [5, 5.41) is 0.630. The molecule has 106 valence electrons. The highest BCUT2D eigenvalue weighted by molar-refractivity contribution is 6.32. The Kier molecular flexibility index (Phi) is 4.90. The first-order chi connectivity index (χ1) is 9.54. The van der Waals surface area contributed by atoms with Crippen LogP contribution in [0.15, 0.2) is 42.5 Å². The Morgan fingerprint density at radius 1 is 1.20 bits per heavy atom. The van der Waals surface area contributed by atoms with Crippen molar-refractivity contribution in [3.63, 3.8) is 0 Å². The lowest BCUT2D eigenvalue weighted by Gasteiger charge is -2.28. The lowest BCUT2D eigenvalue weighted by atomic mass is 10.1. The highest BCUT2D eigenvalue weighted by atomic mass is 35.5. The van der Waals surface area contributed by atoms with Crippen molar-refractivity contribution >= 4 is 28.9 Å². The van der Waals surface area contributed by atoms with Crippen molar-refractivity contribution in [3.8, 4) is 0 Å². The maximum Gasteiger partial charge on any atom is 0.128 e. The highest BCUT2D eigenvalue weighted by Gasteiger charge is 2.16. The van der Waals surface area contributed by atoms with Crippen molar-refractivity contribution in [1.29, 1.82) is 0 Å². The van der Waals surface area contributed by atoms with Crippen LogP contribution in [-0.2, 0) is 5.88 Å². The van der Waals surface area contributed by atoms with Gasteiger partial charge in [-0.25, -0.2) is 4.39 Å². The first-order valence-electron chi connectivity index (χ1n) is 6.36. The Bertz CT molecular complexity index is 601. The number of hydrogen-bond acceptors (Lipinski definition) is 1. The van der Waals surface area contributed by atoms with Crippen molar-refractivity contribution in [2.24, 2.45) is 0 Å². The van der Waals surface area contributed by atoms with Crippen LogP contribution in [-0.4, -0.2) is 7.05 Å². The van der Waals surface area contributed by atoms with Crippen molar-refractivity contribution < 1.29 is 4.39 Å². The molecule has 0 spiro atoms. The van der Waals surface area contributed by atoms with E-state index in [0.717, 1.165) is 11.3 Å². The predicted molar refractivity (Wildman–Crippen MR) is 84.2 cm³/mol. The third-order valence-corrected chi connectivity index (χ3v) is 4.16. The van der Waals surface area contributed by atoms with E-state index in [1.54, 1.807) is 12.1 Å². The number of rotatable bonds is 4. The summed E-state index contributed by atoms with van der Waals surface area (Å²) in [6.45, 7) is 1.96. The lowest BCUT2D eigenvalue weighted by molar-refractivity contribution is 0.585. The maximum absolute atomic E-state index is 13.8. The van der Waals surface area contributed by atoms with E-state index >= 15 is 0 Å². The average Bonchev–Trinajstić information content (AvgIpc) is 2.46. The fourth-order valence-corrected chi connectivity index (χ4v) is 2.65. The number of anilines is 1. The molecule has 0 radical (unpaired) electrons. The zero-order chi connectivity index (χ0) is 14.7. The predicted octanol–water partition coefficient (Wildman–Crippen LogP) is 5.42. The van der Waals surface area contributed by atoms with Gasteiger partial charge < -0.3 is 4.90 Å². The number of halogens is 3. The molecule has 2 aromatic rings. The van der Waals surface area contributed by atoms with Crippen LogP contribution in [0.5, 0.6) is 0 Å². The van der Waals surface area contributed by atoms with Gasteiger partial charge in [-0.1, -0.05) is 35.9 Å². The van der Waals surface area contributed by atoms with Crippen molar-refractivity contribution in [2.45, 2.75) is 18.8 Å². The van der Waals surface area contributed by atoms with Gasteiger partial charge in [0.25, 0.3) is 0 Å². The summed E-state index contributed by atoms with van der Waals surface area (Å²) < 4.78 is 13.8. The fraction of sp³-hybridized carbons (Fsp3) is 0.250. The molecule has 0 bridgehead atoms. The first-order valence-corrected chi connectivity index (χ1v) is 7.27. The SMILES string of the molecule is CC(c1ccccc1F)N(C)c1ccc(CCl)c(Cl)c1. The van der Waals surface area contributed by atoms with Gasteiger partial charge in [0, 0.05) is 29.2 Å². The smallest absolute Gasteiger partial charge is 0.128 e. The monoisotopic (exact) mass is 311 g/mol. The first kappa shape index (κ1) is 15.1. The highest BCUT2D eigenvalue weighted by Crippen LogP contribution is 2.30. The van der Waals surface area contributed by atoms with Gasteiger partial charge in [0.05, 0.1) is 6.04 Å². The van der Waals surface area contributed by atoms with Crippen LogP contribution in [0.25, 0.3) is 0 Å². The Morgan fingerprint density at radius 3 is 2.50 bits per heavy atom. The summed E-state index contributed by atoms with van der Waals surface area (Å²) in [6.07, 6.45) is 0. The third-order valence-electron chi connectivity index (χ3n) is 3.52.